The van der Waals surface area contributed by atoms with Crippen LogP contribution in [0.15, 0.2) is 46.9 Å². The Kier molecular flexibility index (Phi) is 4.65. The number of hydrogen-bond acceptors (Lipinski definition) is 6. The Labute approximate surface area is 194 Å². The van der Waals surface area contributed by atoms with Crippen LogP contribution in [0.25, 0.3) is 11.0 Å². The van der Waals surface area contributed by atoms with Gasteiger partial charge in [0.15, 0.2) is 22.9 Å². The number of para-hydroxylation sites is 1. The van der Waals surface area contributed by atoms with Crippen molar-refractivity contribution in [1.82, 2.24) is 19.7 Å². The highest BCUT2D eigenvalue weighted by molar-refractivity contribution is 6.05. The fourth-order valence-corrected chi connectivity index (χ4v) is 4.60. The van der Waals surface area contributed by atoms with Crippen molar-refractivity contribution in [2.24, 2.45) is 5.73 Å². The fraction of sp³-hybridized carbons (Fsp3) is 0.280. The highest BCUT2D eigenvalue weighted by Crippen LogP contribution is 2.39. The molecular weight excluding hydrogens is 434 g/mol. The van der Waals surface area contributed by atoms with E-state index in [-0.39, 0.29) is 22.8 Å². The molecule has 2 aliphatic rings. The van der Waals surface area contributed by atoms with Crippen LogP contribution in [0, 0.1) is 0 Å². The molecule has 9 heteroatoms. The van der Waals surface area contributed by atoms with Crippen LogP contribution in [0.5, 0.6) is 5.75 Å². The van der Waals surface area contributed by atoms with Crippen molar-refractivity contribution < 1.29 is 19.1 Å². The molecule has 0 saturated heterocycles. The Morgan fingerprint density at radius 2 is 1.88 bits per heavy atom. The Balaban J connectivity index is 1.18. The van der Waals surface area contributed by atoms with Gasteiger partial charge in [0.2, 0.25) is 0 Å². The van der Waals surface area contributed by atoms with Gasteiger partial charge < -0.3 is 24.7 Å². The monoisotopic (exact) mass is 457 g/mol. The van der Waals surface area contributed by atoms with Crippen LogP contribution in [0.3, 0.4) is 0 Å². The third-order valence-corrected chi connectivity index (χ3v) is 6.60. The standard InChI is InChI=1S/C25H23N5O4/c26-23(32)18-3-1-2-17-21(31)19(34-22(17)18)12-14-4-6-16(7-5-14)25(33)29-10-11-30-20(13-29)27-28-24(30)15-8-9-15/h1-7,15,31H,8-13H2,(H2,26,32). The number of amides is 2. The van der Waals surface area contributed by atoms with Crippen LogP contribution < -0.4 is 5.73 Å². The summed E-state index contributed by atoms with van der Waals surface area (Å²) in [6, 6.07) is 12.1. The highest BCUT2D eigenvalue weighted by Gasteiger charge is 2.33. The summed E-state index contributed by atoms with van der Waals surface area (Å²) in [6.07, 6.45) is 2.65. The van der Waals surface area contributed by atoms with E-state index in [1.54, 1.807) is 35.2 Å². The fourth-order valence-electron chi connectivity index (χ4n) is 4.60. The van der Waals surface area contributed by atoms with Gasteiger partial charge in [-0.15, -0.1) is 10.2 Å². The Morgan fingerprint density at radius 3 is 2.62 bits per heavy atom. The maximum absolute atomic E-state index is 13.1. The van der Waals surface area contributed by atoms with Crippen molar-refractivity contribution in [2.45, 2.75) is 38.3 Å². The van der Waals surface area contributed by atoms with Gasteiger partial charge in [0.05, 0.1) is 17.5 Å². The first-order valence-electron chi connectivity index (χ1n) is 11.3. The number of benzene rings is 2. The Morgan fingerprint density at radius 1 is 1.09 bits per heavy atom. The zero-order valence-corrected chi connectivity index (χ0v) is 18.4. The zero-order chi connectivity index (χ0) is 23.4. The maximum atomic E-state index is 13.1. The maximum Gasteiger partial charge on any atom is 0.254 e. The highest BCUT2D eigenvalue weighted by atomic mass is 16.4. The minimum Gasteiger partial charge on any atom is -0.504 e. The smallest absolute Gasteiger partial charge is 0.254 e. The van der Waals surface area contributed by atoms with Gasteiger partial charge in [0.1, 0.15) is 5.82 Å². The minimum absolute atomic E-state index is 0.0127. The summed E-state index contributed by atoms with van der Waals surface area (Å²) in [4.78, 5) is 26.5. The second-order valence-electron chi connectivity index (χ2n) is 8.92. The third-order valence-electron chi connectivity index (χ3n) is 6.60. The summed E-state index contributed by atoms with van der Waals surface area (Å²) in [7, 11) is 0. The SMILES string of the molecule is NC(=O)c1cccc2c(O)c(Cc3ccc(C(=O)N4CCn5c(nnc5C5CC5)C4)cc3)oc12. The molecule has 4 aromatic rings. The lowest BCUT2D eigenvalue weighted by atomic mass is 10.1. The number of aromatic hydroxyl groups is 1. The molecule has 9 nitrogen and oxygen atoms in total. The topological polar surface area (TPSA) is 127 Å². The minimum atomic E-state index is -0.617. The molecule has 1 aliphatic carbocycles. The van der Waals surface area contributed by atoms with Crippen LogP contribution in [-0.2, 0) is 19.5 Å². The molecule has 172 valence electrons. The molecule has 0 atom stereocenters. The second-order valence-corrected chi connectivity index (χ2v) is 8.92. The summed E-state index contributed by atoms with van der Waals surface area (Å²) in [5.41, 5.74) is 7.36. The first-order valence-corrected chi connectivity index (χ1v) is 11.3. The number of carbonyl (C=O) groups is 2. The Bertz CT molecular complexity index is 1430. The number of fused-ring (bicyclic) bond motifs is 2. The van der Waals surface area contributed by atoms with Crippen LogP contribution >= 0.6 is 0 Å². The lowest BCUT2D eigenvalue weighted by Gasteiger charge is -2.28. The van der Waals surface area contributed by atoms with Crippen molar-refractivity contribution in [2.75, 3.05) is 6.54 Å². The van der Waals surface area contributed by atoms with E-state index in [0.29, 0.717) is 42.1 Å². The molecule has 0 spiro atoms. The quantitative estimate of drug-likeness (QED) is 0.474. The largest absolute Gasteiger partial charge is 0.504 e. The Hall–Kier alpha value is -4.14. The van der Waals surface area contributed by atoms with Crippen LogP contribution in [0.1, 0.15) is 62.4 Å². The van der Waals surface area contributed by atoms with Gasteiger partial charge in [-0.2, -0.15) is 0 Å². The zero-order valence-electron chi connectivity index (χ0n) is 18.4. The van der Waals surface area contributed by atoms with E-state index < -0.39 is 5.91 Å². The molecule has 2 amide bonds. The van der Waals surface area contributed by atoms with Crippen molar-refractivity contribution in [3.8, 4) is 5.75 Å². The number of aromatic nitrogens is 3. The van der Waals surface area contributed by atoms with Gasteiger partial charge in [0.25, 0.3) is 11.8 Å². The average Bonchev–Trinajstić information content (AvgIpc) is 3.53. The number of rotatable bonds is 5. The van der Waals surface area contributed by atoms with E-state index in [0.717, 1.165) is 23.8 Å². The lowest BCUT2D eigenvalue weighted by Crippen LogP contribution is -2.38. The van der Waals surface area contributed by atoms with Gasteiger partial charge in [-0.3, -0.25) is 9.59 Å². The van der Waals surface area contributed by atoms with Gasteiger partial charge >= 0.3 is 0 Å². The molecule has 2 aromatic carbocycles. The molecule has 34 heavy (non-hydrogen) atoms. The number of nitrogens with zero attached hydrogens (tertiary/aromatic N) is 4. The van der Waals surface area contributed by atoms with Crippen LogP contribution in [-0.4, -0.2) is 43.1 Å². The molecule has 0 unspecified atom stereocenters. The van der Waals surface area contributed by atoms with Crippen molar-refractivity contribution >= 4 is 22.8 Å². The molecule has 1 aliphatic heterocycles. The summed E-state index contributed by atoms with van der Waals surface area (Å²) in [6.45, 7) is 1.80. The van der Waals surface area contributed by atoms with E-state index in [1.165, 1.54) is 12.8 Å². The summed E-state index contributed by atoms with van der Waals surface area (Å²) >= 11 is 0. The van der Waals surface area contributed by atoms with Gasteiger partial charge in [-0.25, -0.2) is 0 Å². The van der Waals surface area contributed by atoms with E-state index in [2.05, 4.69) is 14.8 Å². The number of hydrogen-bond donors (Lipinski definition) is 2. The molecule has 1 fully saturated rings. The lowest BCUT2D eigenvalue weighted by molar-refractivity contribution is 0.0706. The molecule has 2 aromatic heterocycles. The summed E-state index contributed by atoms with van der Waals surface area (Å²) < 4.78 is 7.94. The predicted molar refractivity (Wildman–Crippen MR) is 122 cm³/mol. The van der Waals surface area contributed by atoms with Gasteiger partial charge in [0, 0.05) is 31.0 Å². The van der Waals surface area contributed by atoms with Gasteiger partial charge in [-0.05, 0) is 42.7 Å². The molecule has 0 bridgehead atoms. The predicted octanol–water partition coefficient (Wildman–Crippen LogP) is 2.95. The normalized spacial score (nSPS) is 15.5. The van der Waals surface area contributed by atoms with E-state index in [4.69, 9.17) is 10.2 Å². The summed E-state index contributed by atoms with van der Waals surface area (Å²) in [5.74, 6) is 2.09. The first kappa shape index (κ1) is 20.5. The molecule has 0 radical (unpaired) electrons. The second kappa shape index (κ2) is 7.72. The van der Waals surface area contributed by atoms with E-state index in [9.17, 15) is 14.7 Å². The van der Waals surface area contributed by atoms with E-state index in [1.807, 2.05) is 12.1 Å². The molecule has 1 saturated carbocycles. The van der Waals surface area contributed by atoms with Crippen molar-refractivity contribution in [1.29, 1.82) is 0 Å². The van der Waals surface area contributed by atoms with Crippen molar-refractivity contribution in [3.05, 3.63) is 76.6 Å². The molecule has 3 N–H and O–H groups in total. The average molecular weight is 457 g/mol. The number of furan rings is 1. The third kappa shape index (κ3) is 3.40. The van der Waals surface area contributed by atoms with E-state index >= 15 is 0 Å². The van der Waals surface area contributed by atoms with Crippen LogP contribution in [0.4, 0.5) is 0 Å². The first-order chi connectivity index (χ1) is 16.5. The number of carbonyl (C=O) groups excluding carboxylic acids is 2. The summed E-state index contributed by atoms with van der Waals surface area (Å²) in [5, 5.41) is 19.7. The molecule has 3 heterocycles. The number of nitrogens with two attached hydrogens (primary N) is 1. The number of primary amides is 1. The van der Waals surface area contributed by atoms with Gasteiger partial charge in [-0.1, -0.05) is 18.2 Å². The molecular formula is C25H23N5O4. The van der Waals surface area contributed by atoms with Crippen molar-refractivity contribution in [3.63, 3.8) is 0 Å². The molecule has 6 rings (SSSR count). The van der Waals surface area contributed by atoms with Crippen LogP contribution in [0.2, 0.25) is 0 Å².